The van der Waals surface area contributed by atoms with E-state index in [1.54, 1.807) is 7.11 Å². The molecule has 2 rings (SSSR count). The van der Waals surface area contributed by atoms with Gasteiger partial charge >= 0.3 is 6.03 Å². The van der Waals surface area contributed by atoms with Gasteiger partial charge in [-0.05, 0) is 55.2 Å². The van der Waals surface area contributed by atoms with Crippen LogP contribution in [-0.4, -0.2) is 26.3 Å². The molecule has 0 aromatic heterocycles. The molecular formula is C20H26N2O3. The third-order valence-electron chi connectivity index (χ3n) is 3.82. The number of methoxy groups -OCH3 is 1. The van der Waals surface area contributed by atoms with Gasteiger partial charge < -0.3 is 20.1 Å². The second kappa shape index (κ2) is 9.57. The zero-order valence-electron chi connectivity index (χ0n) is 15.1. The number of carbonyl (C=O) groups excluding carboxylic acids is 1. The Morgan fingerprint density at radius 3 is 2.60 bits per heavy atom. The first-order valence-electron chi connectivity index (χ1n) is 8.59. The van der Waals surface area contributed by atoms with Gasteiger partial charge in [-0.2, -0.15) is 0 Å². The van der Waals surface area contributed by atoms with E-state index in [1.165, 1.54) is 5.56 Å². The van der Waals surface area contributed by atoms with E-state index in [0.29, 0.717) is 25.3 Å². The number of aryl methyl sites for hydroxylation is 1. The number of ether oxygens (including phenoxy) is 2. The zero-order valence-corrected chi connectivity index (χ0v) is 15.1. The number of anilines is 1. The van der Waals surface area contributed by atoms with E-state index in [0.717, 1.165) is 23.4 Å². The number of amides is 2. The van der Waals surface area contributed by atoms with Crippen molar-refractivity contribution in [3.63, 3.8) is 0 Å². The molecule has 0 bridgehead atoms. The minimum atomic E-state index is -0.203. The van der Waals surface area contributed by atoms with Crippen LogP contribution in [0.15, 0.2) is 42.5 Å². The van der Waals surface area contributed by atoms with Gasteiger partial charge in [-0.15, -0.1) is 0 Å². The normalized spacial score (nSPS) is 10.2. The molecule has 5 nitrogen and oxygen atoms in total. The first-order chi connectivity index (χ1) is 12.2. The molecule has 2 N–H and O–H groups in total. The lowest BCUT2D eigenvalue weighted by Gasteiger charge is -2.12. The molecule has 0 heterocycles. The van der Waals surface area contributed by atoms with Crippen molar-refractivity contribution in [2.24, 2.45) is 0 Å². The Balaban J connectivity index is 1.84. The van der Waals surface area contributed by atoms with Crippen LogP contribution in [0.4, 0.5) is 10.5 Å². The molecule has 2 aromatic carbocycles. The number of nitrogens with one attached hydrogen (secondary N) is 2. The van der Waals surface area contributed by atoms with Gasteiger partial charge in [-0.25, -0.2) is 4.79 Å². The summed E-state index contributed by atoms with van der Waals surface area (Å²) < 4.78 is 10.8. The summed E-state index contributed by atoms with van der Waals surface area (Å²) in [5.41, 5.74) is 3.08. The molecule has 0 aliphatic carbocycles. The van der Waals surface area contributed by atoms with E-state index in [2.05, 4.69) is 17.6 Å². The lowest BCUT2D eigenvalue weighted by molar-refractivity contribution is 0.252. The Hall–Kier alpha value is -2.69. The number of hydrogen-bond acceptors (Lipinski definition) is 3. The first-order valence-corrected chi connectivity index (χ1v) is 8.59. The highest BCUT2D eigenvalue weighted by Crippen LogP contribution is 2.28. The smallest absolute Gasteiger partial charge is 0.319 e. The van der Waals surface area contributed by atoms with Crippen LogP contribution in [0.1, 0.15) is 25.0 Å². The van der Waals surface area contributed by atoms with Crippen LogP contribution in [0.5, 0.6) is 11.5 Å². The van der Waals surface area contributed by atoms with Gasteiger partial charge in [0.2, 0.25) is 0 Å². The Labute approximate surface area is 149 Å². The van der Waals surface area contributed by atoms with Crippen molar-refractivity contribution < 1.29 is 14.3 Å². The van der Waals surface area contributed by atoms with Crippen molar-refractivity contribution in [2.75, 3.05) is 25.6 Å². The van der Waals surface area contributed by atoms with Crippen LogP contribution in [0.25, 0.3) is 0 Å². The maximum atomic E-state index is 12.0. The lowest BCUT2D eigenvalue weighted by atomic mass is 10.1. The number of hydrogen-bond donors (Lipinski definition) is 2. The average Bonchev–Trinajstić information content (AvgIpc) is 2.63. The fourth-order valence-electron chi connectivity index (χ4n) is 2.51. The van der Waals surface area contributed by atoms with E-state index in [-0.39, 0.29) is 6.03 Å². The van der Waals surface area contributed by atoms with E-state index >= 15 is 0 Å². The predicted octanol–water partition coefficient (Wildman–Crippen LogP) is 4.02. The summed E-state index contributed by atoms with van der Waals surface area (Å²) in [6.07, 6.45) is 1.65. The SMILES string of the molecule is CCOc1ccc(CCNC(=O)Nc2cccc(CC)c2)cc1OC. The summed E-state index contributed by atoms with van der Waals surface area (Å²) in [7, 11) is 1.62. The molecule has 0 fully saturated rings. The summed E-state index contributed by atoms with van der Waals surface area (Å²) in [6, 6.07) is 13.5. The predicted molar refractivity (Wildman–Crippen MR) is 101 cm³/mol. The summed E-state index contributed by atoms with van der Waals surface area (Å²) in [5, 5.41) is 5.73. The second-order valence-electron chi connectivity index (χ2n) is 5.60. The molecule has 0 radical (unpaired) electrons. The molecule has 0 aliphatic heterocycles. The molecule has 0 spiro atoms. The van der Waals surface area contributed by atoms with E-state index in [9.17, 15) is 4.79 Å². The standard InChI is InChI=1S/C20H26N2O3/c1-4-15-7-6-8-17(13-15)22-20(23)21-12-11-16-9-10-18(25-5-2)19(14-16)24-3/h6-10,13-14H,4-5,11-12H2,1-3H3,(H2,21,22,23). The average molecular weight is 342 g/mol. The van der Waals surface area contributed by atoms with Crippen LogP contribution in [0.2, 0.25) is 0 Å². The van der Waals surface area contributed by atoms with Crippen molar-refractivity contribution in [3.05, 3.63) is 53.6 Å². The van der Waals surface area contributed by atoms with Gasteiger partial charge in [0.25, 0.3) is 0 Å². The molecule has 5 heteroatoms. The Morgan fingerprint density at radius 2 is 1.88 bits per heavy atom. The van der Waals surface area contributed by atoms with Crippen LogP contribution in [-0.2, 0) is 12.8 Å². The highest BCUT2D eigenvalue weighted by Gasteiger charge is 2.06. The molecular weight excluding hydrogens is 316 g/mol. The maximum Gasteiger partial charge on any atom is 0.319 e. The van der Waals surface area contributed by atoms with Crippen molar-refractivity contribution in [1.29, 1.82) is 0 Å². The van der Waals surface area contributed by atoms with Gasteiger partial charge in [-0.1, -0.05) is 25.1 Å². The molecule has 2 aromatic rings. The molecule has 134 valence electrons. The monoisotopic (exact) mass is 342 g/mol. The third kappa shape index (κ3) is 5.71. The second-order valence-corrected chi connectivity index (χ2v) is 5.60. The molecule has 25 heavy (non-hydrogen) atoms. The summed E-state index contributed by atoms with van der Waals surface area (Å²) in [4.78, 5) is 12.0. The van der Waals surface area contributed by atoms with Crippen molar-refractivity contribution in [1.82, 2.24) is 5.32 Å². The Bertz CT molecular complexity index is 701. The van der Waals surface area contributed by atoms with Gasteiger partial charge in [0.05, 0.1) is 13.7 Å². The highest BCUT2D eigenvalue weighted by atomic mass is 16.5. The lowest BCUT2D eigenvalue weighted by Crippen LogP contribution is -2.30. The van der Waals surface area contributed by atoms with Gasteiger partial charge in [0.15, 0.2) is 11.5 Å². The summed E-state index contributed by atoms with van der Waals surface area (Å²) >= 11 is 0. The Kier molecular flexibility index (Phi) is 7.14. The van der Waals surface area contributed by atoms with Gasteiger partial charge in [0, 0.05) is 12.2 Å². The van der Waals surface area contributed by atoms with E-state index in [4.69, 9.17) is 9.47 Å². The fraction of sp³-hybridized carbons (Fsp3) is 0.350. The minimum absolute atomic E-state index is 0.203. The molecule has 0 saturated heterocycles. The van der Waals surface area contributed by atoms with Gasteiger partial charge in [0.1, 0.15) is 0 Å². The number of carbonyl (C=O) groups is 1. The molecule has 0 unspecified atom stereocenters. The number of rotatable bonds is 8. The fourth-order valence-corrected chi connectivity index (χ4v) is 2.51. The topological polar surface area (TPSA) is 59.6 Å². The van der Waals surface area contributed by atoms with Crippen molar-refractivity contribution in [2.45, 2.75) is 26.7 Å². The molecule has 0 atom stereocenters. The Morgan fingerprint density at radius 1 is 1.04 bits per heavy atom. The molecule has 0 saturated carbocycles. The molecule has 0 aliphatic rings. The van der Waals surface area contributed by atoms with Crippen LogP contribution in [0.3, 0.4) is 0 Å². The summed E-state index contributed by atoms with van der Waals surface area (Å²) in [5.74, 6) is 1.44. The van der Waals surface area contributed by atoms with Crippen LogP contribution >= 0.6 is 0 Å². The van der Waals surface area contributed by atoms with Crippen LogP contribution in [0, 0.1) is 0 Å². The first kappa shape index (κ1) is 18.6. The highest BCUT2D eigenvalue weighted by molar-refractivity contribution is 5.89. The van der Waals surface area contributed by atoms with E-state index < -0.39 is 0 Å². The summed E-state index contributed by atoms with van der Waals surface area (Å²) in [6.45, 7) is 5.16. The van der Waals surface area contributed by atoms with Crippen LogP contribution < -0.4 is 20.1 Å². The minimum Gasteiger partial charge on any atom is -0.493 e. The molecule has 2 amide bonds. The largest absolute Gasteiger partial charge is 0.493 e. The zero-order chi connectivity index (χ0) is 18.1. The number of benzene rings is 2. The van der Waals surface area contributed by atoms with Gasteiger partial charge in [-0.3, -0.25) is 0 Å². The van der Waals surface area contributed by atoms with Crippen molar-refractivity contribution >= 4 is 11.7 Å². The third-order valence-corrected chi connectivity index (χ3v) is 3.82. The van der Waals surface area contributed by atoms with E-state index in [1.807, 2.05) is 49.4 Å². The quantitative estimate of drug-likeness (QED) is 0.762. The number of urea groups is 1. The van der Waals surface area contributed by atoms with Crippen molar-refractivity contribution in [3.8, 4) is 11.5 Å². The maximum absolute atomic E-state index is 12.0.